The smallest absolute Gasteiger partial charge is 0.0410 e. The number of rotatable bonds is 2. The molecule has 1 aliphatic carbocycles. The molecule has 2 aliphatic rings. The Morgan fingerprint density at radius 1 is 1.11 bits per heavy atom. The predicted octanol–water partition coefficient (Wildman–Crippen LogP) is 5.50. The number of hydrogen-bond acceptors (Lipinski definition) is 1. The second-order valence-corrected chi connectivity index (χ2v) is 7.33. The molecule has 0 radical (unpaired) electrons. The van der Waals surface area contributed by atoms with Gasteiger partial charge < -0.3 is 4.90 Å². The zero-order chi connectivity index (χ0) is 13.2. The zero-order valence-corrected chi connectivity index (χ0v) is 14.4. The van der Waals surface area contributed by atoms with E-state index in [1.54, 1.807) is 0 Å². The van der Waals surface area contributed by atoms with Gasteiger partial charge in [0.15, 0.2) is 0 Å². The molecule has 104 valence electrons. The highest BCUT2D eigenvalue weighted by molar-refractivity contribution is 9.10. The van der Waals surface area contributed by atoms with Gasteiger partial charge in [-0.05, 0) is 55.4 Å². The van der Waals surface area contributed by atoms with Gasteiger partial charge in [0.25, 0.3) is 0 Å². The van der Waals surface area contributed by atoms with Crippen LogP contribution in [-0.4, -0.2) is 12.6 Å². The number of alkyl halides is 1. The summed E-state index contributed by atoms with van der Waals surface area (Å²) in [4.78, 5) is 2.70. The van der Waals surface area contributed by atoms with Crippen LogP contribution in [0.25, 0.3) is 0 Å². The van der Waals surface area contributed by atoms with Crippen molar-refractivity contribution < 1.29 is 0 Å². The summed E-state index contributed by atoms with van der Waals surface area (Å²) < 4.78 is 1.18. The van der Waals surface area contributed by atoms with Gasteiger partial charge in [0.05, 0.1) is 0 Å². The maximum Gasteiger partial charge on any atom is 0.0410 e. The highest BCUT2D eigenvalue weighted by Crippen LogP contribution is 2.39. The lowest BCUT2D eigenvalue weighted by atomic mass is 9.78. The molecule has 3 rings (SSSR count). The van der Waals surface area contributed by atoms with E-state index in [2.05, 4.69) is 55.0 Å². The van der Waals surface area contributed by atoms with E-state index >= 15 is 0 Å². The first kappa shape index (κ1) is 13.9. The highest BCUT2D eigenvalue weighted by atomic mass is 79.9. The lowest BCUT2D eigenvalue weighted by Gasteiger charge is -2.46. The van der Waals surface area contributed by atoms with Crippen molar-refractivity contribution in [3.05, 3.63) is 28.2 Å². The van der Waals surface area contributed by atoms with Gasteiger partial charge in [-0.1, -0.05) is 44.7 Å². The summed E-state index contributed by atoms with van der Waals surface area (Å²) in [5, 5.41) is 0.940. The number of anilines is 1. The van der Waals surface area contributed by atoms with Gasteiger partial charge in [-0.2, -0.15) is 0 Å². The van der Waals surface area contributed by atoms with Crippen LogP contribution in [0.4, 0.5) is 5.69 Å². The molecule has 0 N–H and O–H groups in total. The first-order chi connectivity index (χ1) is 9.29. The van der Waals surface area contributed by atoms with Crippen LogP contribution < -0.4 is 4.90 Å². The minimum absolute atomic E-state index is 0.793. The summed E-state index contributed by atoms with van der Waals surface area (Å²) >= 11 is 7.24. The normalized spacial score (nSPS) is 27.2. The molecule has 1 aliphatic heterocycles. The molecule has 2 fully saturated rings. The molecule has 0 aromatic heterocycles. The van der Waals surface area contributed by atoms with Gasteiger partial charge in [-0.25, -0.2) is 0 Å². The van der Waals surface area contributed by atoms with Gasteiger partial charge >= 0.3 is 0 Å². The molecule has 3 heteroatoms. The van der Waals surface area contributed by atoms with E-state index < -0.39 is 0 Å². The van der Waals surface area contributed by atoms with Crippen molar-refractivity contribution in [3.8, 4) is 0 Å². The molecule has 2 atom stereocenters. The second kappa shape index (κ2) is 6.17. The Balaban J connectivity index is 1.91. The van der Waals surface area contributed by atoms with Crippen molar-refractivity contribution in [2.75, 3.05) is 11.4 Å². The van der Waals surface area contributed by atoms with Gasteiger partial charge in [-0.15, -0.1) is 0 Å². The van der Waals surface area contributed by atoms with E-state index in [0.717, 1.165) is 17.3 Å². The molecule has 0 amide bonds. The number of nitrogens with zero attached hydrogens (tertiary/aromatic N) is 1. The van der Waals surface area contributed by atoms with Gasteiger partial charge in [0, 0.05) is 28.1 Å². The largest absolute Gasteiger partial charge is 0.368 e. The Morgan fingerprint density at radius 3 is 2.74 bits per heavy atom. The number of benzene rings is 1. The molecule has 1 saturated carbocycles. The van der Waals surface area contributed by atoms with Crippen molar-refractivity contribution in [2.45, 2.75) is 49.9 Å². The molecular weight excluding hydrogens is 366 g/mol. The van der Waals surface area contributed by atoms with Gasteiger partial charge in [-0.3, -0.25) is 0 Å². The number of fused-ring (bicyclic) bond motifs is 1. The van der Waals surface area contributed by atoms with Gasteiger partial charge in [0.2, 0.25) is 0 Å². The maximum absolute atomic E-state index is 3.65. The lowest BCUT2D eigenvalue weighted by Crippen LogP contribution is -2.47. The maximum atomic E-state index is 3.65. The number of piperidine rings is 1. The van der Waals surface area contributed by atoms with Crippen LogP contribution in [-0.2, 0) is 5.33 Å². The summed E-state index contributed by atoms with van der Waals surface area (Å²) in [6.07, 6.45) is 8.50. The Kier molecular flexibility index (Phi) is 4.53. The Morgan fingerprint density at radius 2 is 1.89 bits per heavy atom. The third-order valence-electron chi connectivity index (χ3n) is 4.74. The molecule has 1 aromatic rings. The van der Waals surface area contributed by atoms with Crippen molar-refractivity contribution in [1.29, 1.82) is 0 Å². The lowest BCUT2D eigenvalue weighted by molar-refractivity contribution is 0.243. The van der Waals surface area contributed by atoms with E-state index in [9.17, 15) is 0 Å². The molecule has 1 heterocycles. The molecule has 0 spiro atoms. The van der Waals surface area contributed by atoms with Crippen LogP contribution in [0.5, 0.6) is 0 Å². The van der Waals surface area contributed by atoms with E-state index in [1.165, 1.54) is 60.8 Å². The highest BCUT2D eigenvalue weighted by Gasteiger charge is 2.33. The molecular formula is C16H21Br2N. The summed E-state index contributed by atoms with van der Waals surface area (Å²) in [6, 6.07) is 7.55. The summed E-state index contributed by atoms with van der Waals surface area (Å²) in [6.45, 7) is 1.24. The van der Waals surface area contributed by atoms with Crippen molar-refractivity contribution in [1.82, 2.24) is 0 Å². The summed E-state index contributed by atoms with van der Waals surface area (Å²) in [7, 11) is 0. The first-order valence-electron chi connectivity index (χ1n) is 7.40. The van der Waals surface area contributed by atoms with Crippen LogP contribution in [0, 0.1) is 5.92 Å². The fourth-order valence-corrected chi connectivity index (χ4v) is 4.72. The molecule has 0 bridgehead atoms. The SMILES string of the molecule is BrCc1cc(Br)ccc1N1CCC[C@H]2CCCC[C@H]21. The molecule has 19 heavy (non-hydrogen) atoms. The van der Waals surface area contributed by atoms with E-state index in [0.29, 0.717) is 0 Å². The zero-order valence-electron chi connectivity index (χ0n) is 11.2. The monoisotopic (exact) mass is 385 g/mol. The quantitative estimate of drug-likeness (QED) is 0.606. The second-order valence-electron chi connectivity index (χ2n) is 5.85. The van der Waals surface area contributed by atoms with E-state index in [1.807, 2.05) is 0 Å². The summed E-state index contributed by atoms with van der Waals surface area (Å²) in [5.74, 6) is 0.939. The van der Waals surface area contributed by atoms with Crippen LogP contribution in [0.2, 0.25) is 0 Å². The van der Waals surface area contributed by atoms with Crippen LogP contribution >= 0.6 is 31.9 Å². The molecule has 1 aromatic carbocycles. The number of hydrogen-bond donors (Lipinski definition) is 0. The minimum atomic E-state index is 0.793. The average molecular weight is 387 g/mol. The van der Waals surface area contributed by atoms with Gasteiger partial charge in [0.1, 0.15) is 0 Å². The number of halogens is 2. The standard InChI is InChI=1S/C16H21Br2N/c17-11-13-10-14(18)7-8-16(13)19-9-3-5-12-4-1-2-6-15(12)19/h7-8,10,12,15H,1-6,9,11H2/t12-,15-/m1/s1. The van der Waals surface area contributed by atoms with Crippen LogP contribution in [0.3, 0.4) is 0 Å². The van der Waals surface area contributed by atoms with E-state index in [4.69, 9.17) is 0 Å². The van der Waals surface area contributed by atoms with Crippen molar-refractivity contribution in [2.24, 2.45) is 5.92 Å². The predicted molar refractivity (Wildman–Crippen MR) is 89.1 cm³/mol. The Hall–Kier alpha value is -0.0200. The van der Waals surface area contributed by atoms with E-state index in [-0.39, 0.29) is 0 Å². The molecule has 0 unspecified atom stereocenters. The Bertz CT molecular complexity index is 444. The first-order valence-corrected chi connectivity index (χ1v) is 9.32. The fraction of sp³-hybridized carbons (Fsp3) is 0.625. The fourth-order valence-electron chi connectivity index (χ4n) is 3.87. The van der Waals surface area contributed by atoms with Crippen molar-refractivity contribution in [3.63, 3.8) is 0 Å². The Labute approximate surface area is 133 Å². The molecule has 1 nitrogen and oxygen atoms in total. The van der Waals surface area contributed by atoms with Crippen LogP contribution in [0.15, 0.2) is 22.7 Å². The third-order valence-corrected chi connectivity index (χ3v) is 5.84. The topological polar surface area (TPSA) is 3.24 Å². The molecule has 1 saturated heterocycles. The van der Waals surface area contributed by atoms with Crippen LogP contribution in [0.1, 0.15) is 44.1 Å². The minimum Gasteiger partial charge on any atom is -0.368 e. The van der Waals surface area contributed by atoms with Crippen molar-refractivity contribution >= 4 is 37.5 Å². The average Bonchev–Trinajstić information content (AvgIpc) is 2.46. The summed E-state index contributed by atoms with van der Waals surface area (Å²) in [5.41, 5.74) is 2.87. The third kappa shape index (κ3) is 2.87.